The predicted octanol–water partition coefficient (Wildman–Crippen LogP) is 6.44. The number of nitrogens with one attached hydrogen (secondary N) is 1. The second kappa shape index (κ2) is 9.93. The minimum Gasteiger partial charge on any atom is -0.492 e. The number of carbonyl (C=O) groups is 1. The molecule has 1 N–H and O–H groups in total. The SMILES string of the molecule is CCOc1ccccc1N1C(=O)/C(=C\c2ccc(COc3ccc4cc(Br)ccc4c3)o2)NC1=S. The Hall–Kier alpha value is -3.62. The van der Waals surface area contributed by atoms with E-state index in [9.17, 15) is 4.79 Å². The Morgan fingerprint density at radius 3 is 2.69 bits per heavy atom. The molecule has 1 amide bonds. The highest BCUT2D eigenvalue weighted by Crippen LogP contribution is 2.32. The van der Waals surface area contributed by atoms with Gasteiger partial charge in [0.2, 0.25) is 0 Å². The van der Waals surface area contributed by atoms with Gasteiger partial charge in [0.15, 0.2) is 5.11 Å². The van der Waals surface area contributed by atoms with E-state index in [-0.39, 0.29) is 17.6 Å². The number of amides is 1. The molecule has 0 spiro atoms. The fourth-order valence-electron chi connectivity index (χ4n) is 3.80. The van der Waals surface area contributed by atoms with E-state index in [1.807, 2.05) is 61.5 Å². The Bertz CT molecular complexity index is 1460. The van der Waals surface area contributed by atoms with Gasteiger partial charge in [-0.3, -0.25) is 4.79 Å². The zero-order valence-corrected chi connectivity index (χ0v) is 21.2. The average Bonchev–Trinajstić information content (AvgIpc) is 3.41. The number of ether oxygens (including phenoxy) is 2. The van der Waals surface area contributed by atoms with Crippen molar-refractivity contribution in [2.24, 2.45) is 0 Å². The highest BCUT2D eigenvalue weighted by molar-refractivity contribution is 9.10. The maximum Gasteiger partial charge on any atom is 0.281 e. The van der Waals surface area contributed by atoms with Gasteiger partial charge in [-0.1, -0.05) is 40.2 Å². The van der Waals surface area contributed by atoms with Crippen LogP contribution in [0.3, 0.4) is 0 Å². The second-order valence-corrected chi connectivity index (χ2v) is 9.08. The second-order valence-electron chi connectivity index (χ2n) is 7.78. The van der Waals surface area contributed by atoms with E-state index in [2.05, 4.69) is 27.3 Å². The first-order valence-corrected chi connectivity index (χ1v) is 12.2. The summed E-state index contributed by atoms with van der Waals surface area (Å²) >= 11 is 8.91. The largest absolute Gasteiger partial charge is 0.492 e. The van der Waals surface area contributed by atoms with Gasteiger partial charge in [-0.15, -0.1) is 0 Å². The first-order valence-electron chi connectivity index (χ1n) is 11.0. The van der Waals surface area contributed by atoms with Crippen LogP contribution in [0.4, 0.5) is 5.69 Å². The highest BCUT2D eigenvalue weighted by atomic mass is 79.9. The molecule has 0 unspecified atom stereocenters. The smallest absolute Gasteiger partial charge is 0.281 e. The Morgan fingerprint density at radius 1 is 1.03 bits per heavy atom. The van der Waals surface area contributed by atoms with E-state index in [0.717, 1.165) is 21.0 Å². The number of fused-ring (bicyclic) bond motifs is 1. The summed E-state index contributed by atoms with van der Waals surface area (Å²) in [6.45, 7) is 2.64. The number of halogens is 1. The van der Waals surface area contributed by atoms with Crippen LogP contribution in [0.2, 0.25) is 0 Å². The molecule has 0 atom stereocenters. The molecule has 0 radical (unpaired) electrons. The standard InChI is InChI=1S/C27H21BrN2O4S/c1-2-32-25-6-4-3-5-24(25)30-26(31)23(29-27(30)35)15-21-11-12-22(34-21)16-33-20-10-8-17-13-19(28)9-7-18(17)14-20/h3-15H,2,16H2,1H3,(H,29,35)/b23-15+. The van der Waals surface area contributed by atoms with E-state index >= 15 is 0 Å². The molecular formula is C27H21BrN2O4S. The fourth-order valence-corrected chi connectivity index (χ4v) is 4.47. The zero-order valence-electron chi connectivity index (χ0n) is 18.8. The first-order chi connectivity index (χ1) is 17.0. The average molecular weight is 549 g/mol. The normalized spacial score (nSPS) is 14.6. The molecule has 176 valence electrons. The summed E-state index contributed by atoms with van der Waals surface area (Å²) < 4.78 is 18.5. The lowest BCUT2D eigenvalue weighted by Gasteiger charge is -2.17. The quantitative estimate of drug-likeness (QED) is 0.212. The predicted molar refractivity (Wildman–Crippen MR) is 143 cm³/mol. The van der Waals surface area contributed by atoms with E-state index in [4.69, 9.17) is 26.1 Å². The summed E-state index contributed by atoms with van der Waals surface area (Å²) in [5, 5.41) is 5.48. The molecule has 6 nitrogen and oxygen atoms in total. The lowest BCUT2D eigenvalue weighted by atomic mass is 10.1. The summed E-state index contributed by atoms with van der Waals surface area (Å²) in [5.74, 6) is 2.22. The monoisotopic (exact) mass is 548 g/mol. The van der Waals surface area contributed by atoms with Gasteiger partial charge < -0.3 is 19.2 Å². The third-order valence-corrected chi connectivity index (χ3v) is 6.19. The van der Waals surface area contributed by atoms with Crippen LogP contribution in [-0.2, 0) is 11.4 Å². The molecule has 1 aromatic heterocycles. The molecule has 1 fully saturated rings. The number of carbonyl (C=O) groups excluding carboxylic acids is 1. The number of furan rings is 1. The Balaban J connectivity index is 1.29. The van der Waals surface area contributed by atoms with Gasteiger partial charge in [0.1, 0.15) is 35.3 Å². The van der Waals surface area contributed by atoms with Gasteiger partial charge >= 0.3 is 0 Å². The molecule has 8 heteroatoms. The third-order valence-electron chi connectivity index (χ3n) is 5.41. The van der Waals surface area contributed by atoms with E-state index in [1.165, 1.54) is 4.90 Å². The van der Waals surface area contributed by atoms with Crippen LogP contribution >= 0.6 is 28.1 Å². The minimum atomic E-state index is -0.279. The summed E-state index contributed by atoms with van der Waals surface area (Å²) in [6.07, 6.45) is 1.63. The van der Waals surface area contributed by atoms with Crippen molar-refractivity contribution in [3.05, 3.63) is 94.5 Å². The van der Waals surface area contributed by atoms with Gasteiger partial charge in [-0.25, -0.2) is 4.90 Å². The van der Waals surface area contributed by atoms with Gasteiger partial charge in [-0.05, 0) is 78.4 Å². The molecule has 4 aromatic rings. The molecule has 0 aliphatic carbocycles. The lowest BCUT2D eigenvalue weighted by molar-refractivity contribution is -0.113. The summed E-state index contributed by atoms with van der Waals surface area (Å²) in [7, 11) is 0. The van der Waals surface area contributed by atoms with E-state index in [1.54, 1.807) is 18.2 Å². The number of rotatable bonds is 7. The van der Waals surface area contributed by atoms with Crippen molar-refractivity contribution < 1.29 is 18.7 Å². The van der Waals surface area contributed by atoms with E-state index in [0.29, 0.717) is 35.3 Å². The summed E-state index contributed by atoms with van der Waals surface area (Å²) in [5.41, 5.74) is 0.917. The maximum absolute atomic E-state index is 13.1. The fraction of sp³-hybridized carbons (Fsp3) is 0.111. The number of hydrogen-bond acceptors (Lipinski definition) is 5. The molecule has 3 aromatic carbocycles. The molecule has 5 rings (SSSR count). The van der Waals surface area contributed by atoms with Crippen LogP contribution in [0.25, 0.3) is 16.8 Å². The molecule has 1 aliphatic rings. The lowest BCUT2D eigenvalue weighted by Crippen LogP contribution is -2.30. The minimum absolute atomic E-state index is 0.263. The van der Waals surface area contributed by atoms with Gasteiger partial charge in [0.25, 0.3) is 5.91 Å². The number of anilines is 1. The van der Waals surface area contributed by atoms with Crippen LogP contribution in [0.1, 0.15) is 18.4 Å². The van der Waals surface area contributed by atoms with Crippen LogP contribution in [0, 0.1) is 0 Å². The first kappa shape index (κ1) is 23.1. The van der Waals surface area contributed by atoms with Crippen molar-refractivity contribution in [3.8, 4) is 11.5 Å². The Kier molecular flexibility index (Phi) is 6.57. The number of para-hydroxylation sites is 2. The molecule has 2 heterocycles. The maximum atomic E-state index is 13.1. The van der Waals surface area contributed by atoms with Gasteiger partial charge in [0.05, 0.1) is 12.3 Å². The summed E-state index contributed by atoms with van der Waals surface area (Å²) in [6, 6.07) is 22.9. The number of thiocarbonyl (C=S) groups is 1. The molecule has 0 saturated carbocycles. The topological polar surface area (TPSA) is 63.9 Å². The Morgan fingerprint density at radius 2 is 1.83 bits per heavy atom. The van der Waals surface area contributed by atoms with Crippen molar-refractivity contribution in [3.63, 3.8) is 0 Å². The van der Waals surface area contributed by atoms with E-state index < -0.39 is 0 Å². The summed E-state index contributed by atoms with van der Waals surface area (Å²) in [4.78, 5) is 14.5. The van der Waals surface area contributed by atoms with Crippen molar-refractivity contribution in [2.45, 2.75) is 13.5 Å². The Labute approximate surface area is 216 Å². The number of benzene rings is 3. The van der Waals surface area contributed by atoms with Crippen molar-refractivity contribution in [1.29, 1.82) is 0 Å². The van der Waals surface area contributed by atoms with Gasteiger partial charge in [0, 0.05) is 10.5 Å². The zero-order chi connectivity index (χ0) is 24.4. The van der Waals surface area contributed by atoms with Crippen molar-refractivity contribution >= 4 is 61.7 Å². The molecule has 35 heavy (non-hydrogen) atoms. The van der Waals surface area contributed by atoms with Crippen molar-refractivity contribution in [2.75, 3.05) is 11.5 Å². The van der Waals surface area contributed by atoms with Crippen LogP contribution < -0.4 is 19.7 Å². The number of nitrogens with zero attached hydrogens (tertiary/aromatic N) is 1. The number of hydrogen-bond donors (Lipinski definition) is 1. The highest BCUT2D eigenvalue weighted by Gasteiger charge is 2.34. The molecule has 1 saturated heterocycles. The molecule has 0 bridgehead atoms. The van der Waals surface area contributed by atoms with Gasteiger partial charge in [-0.2, -0.15) is 0 Å². The van der Waals surface area contributed by atoms with Crippen LogP contribution in [0.15, 0.2) is 87.4 Å². The molecular weight excluding hydrogens is 528 g/mol. The molecule has 1 aliphatic heterocycles. The van der Waals surface area contributed by atoms with Crippen LogP contribution in [-0.4, -0.2) is 17.6 Å². The van der Waals surface area contributed by atoms with Crippen LogP contribution in [0.5, 0.6) is 11.5 Å². The van der Waals surface area contributed by atoms with Crippen molar-refractivity contribution in [1.82, 2.24) is 5.32 Å². The third kappa shape index (κ3) is 4.94.